The molecule has 0 spiro atoms. The van der Waals surface area contributed by atoms with Crippen LogP contribution in [0, 0.1) is 13.8 Å². The third-order valence-electron chi connectivity index (χ3n) is 3.74. The van der Waals surface area contributed by atoms with E-state index in [0.29, 0.717) is 6.42 Å². The van der Waals surface area contributed by atoms with Crippen LogP contribution in [0.3, 0.4) is 0 Å². The fourth-order valence-electron chi connectivity index (χ4n) is 2.87. The average Bonchev–Trinajstić information content (AvgIpc) is 2.46. The maximum Gasteiger partial charge on any atom is 0.228 e. The Morgan fingerprint density at radius 2 is 1.59 bits per heavy atom. The number of hydrogen-bond acceptors (Lipinski definition) is 1. The molecule has 3 aromatic carbocycles. The molecule has 0 fully saturated rings. The molecule has 2 heteroatoms. The molecule has 2 nitrogen and oxygen atoms in total. The summed E-state index contributed by atoms with van der Waals surface area (Å²) in [6.07, 6.45) is 0.383. The van der Waals surface area contributed by atoms with Crippen LogP contribution < -0.4 is 5.32 Å². The molecule has 0 aromatic heterocycles. The molecule has 1 N–H and O–H groups in total. The molecule has 22 heavy (non-hydrogen) atoms. The number of rotatable bonds is 3. The second kappa shape index (κ2) is 6.02. The summed E-state index contributed by atoms with van der Waals surface area (Å²) in [7, 11) is 0. The Bertz CT molecular complexity index is 810. The van der Waals surface area contributed by atoms with Crippen LogP contribution in [0.4, 0.5) is 5.69 Å². The van der Waals surface area contributed by atoms with Gasteiger partial charge in [0.15, 0.2) is 0 Å². The zero-order valence-electron chi connectivity index (χ0n) is 12.9. The molecule has 0 bridgehead atoms. The molecule has 0 saturated heterocycles. The minimum absolute atomic E-state index is 0.0151. The summed E-state index contributed by atoms with van der Waals surface area (Å²) < 4.78 is 0. The Balaban J connectivity index is 1.81. The Hall–Kier alpha value is -2.61. The zero-order valence-corrected chi connectivity index (χ0v) is 12.9. The van der Waals surface area contributed by atoms with Crippen molar-refractivity contribution in [2.75, 3.05) is 5.32 Å². The molecule has 0 saturated carbocycles. The molecule has 0 aliphatic heterocycles. The van der Waals surface area contributed by atoms with Crippen LogP contribution in [0.2, 0.25) is 0 Å². The first kappa shape index (κ1) is 14.3. The number of aryl methyl sites for hydroxylation is 2. The monoisotopic (exact) mass is 289 g/mol. The number of carbonyl (C=O) groups is 1. The number of benzene rings is 3. The number of carbonyl (C=O) groups excluding carboxylic acids is 1. The van der Waals surface area contributed by atoms with E-state index in [4.69, 9.17) is 0 Å². The Morgan fingerprint density at radius 1 is 0.909 bits per heavy atom. The molecular weight excluding hydrogens is 270 g/mol. The third kappa shape index (κ3) is 3.17. The molecule has 0 radical (unpaired) electrons. The Morgan fingerprint density at radius 3 is 2.36 bits per heavy atom. The summed E-state index contributed by atoms with van der Waals surface area (Å²) in [5.74, 6) is 0.0151. The van der Waals surface area contributed by atoms with Gasteiger partial charge < -0.3 is 5.32 Å². The SMILES string of the molecule is Cc1cc(C)cc(NC(=O)Cc2cccc3ccccc23)c1. The van der Waals surface area contributed by atoms with Gasteiger partial charge in [0.25, 0.3) is 0 Å². The predicted molar refractivity (Wildman–Crippen MR) is 92.2 cm³/mol. The predicted octanol–water partition coefficient (Wildman–Crippen LogP) is 4.64. The van der Waals surface area contributed by atoms with Gasteiger partial charge in [0.2, 0.25) is 5.91 Å². The lowest BCUT2D eigenvalue weighted by Gasteiger charge is -2.09. The number of amides is 1. The lowest BCUT2D eigenvalue weighted by molar-refractivity contribution is -0.115. The number of fused-ring (bicyclic) bond motifs is 1. The highest BCUT2D eigenvalue weighted by molar-refractivity contribution is 5.96. The van der Waals surface area contributed by atoms with E-state index < -0.39 is 0 Å². The second-order valence-electron chi connectivity index (χ2n) is 5.74. The van der Waals surface area contributed by atoms with E-state index in [0.717, 1.165) is 27.8 Å². The lowest BCUT2D eigenvalue weighted by atomic mass is 10.0. The fraction of sp³-hybridized carbons (Fsp3) is 0.150. The summed E-state index contributed by atoms with van der Waals surface area (Å²) >= 11 is 0. The molecule has 0 unspecified atom stereocenters. The fourth-order valence-corrected chi connectivity index (χ4v) is 2.87. The van der Waals surface area contributed by atoms with Crippen molar-refractivity contribution in [1.29, 1.82) is 0 Å². The molecule has 110 valence electrons. The van der Waals surface area contributed by atoms with Crippen molar-refractivity contribution in [1.82, 2.24) is 0 Å². The van der Waals surface area contributed by atoms with Gasteiger partial charge in [0, 0.05) is 5.69 Å². The summed E-state index contributed by atoms with van der Waals surface area (Å²) in [6.45, 7) is 4.07. The van der Waals surface area contributed by atoms with Crippen LogP contribution in [0.5, 0.6) is 0 Å². The Labute approximate surface area is 130 Å². The van der Waals surface area contributed by atoms with Gasteiger partial charge >= 0.3 is 0 Å². The average molecular weight is 289 g/mol. The highest BCUT2D eigenvalue weighted by Gasteiger charge is 2.07. The van der Waals surface area contributed by atoms with Gasteiger partial charge in [-0.05, 0) is 53.4 Å². The summed E-state index contributed by atoms with van der Waals surface area (Å²) in [4.78, 5) is 12.3. The van der Waals surface area contributed by atoms with Gasteiger partial charge in [0.1, 0.15) is 0 Å². The largest absolute Gasteiger partial charge is 0.326 e. The van der Waals surface area contributed by atoms with Crippen LogP contribution >= 0.6 is 0 Å². The molecular formula is C20H19NO. The topological polar surface area (TPSA) is 29.1 Å². The lowest BCUT2D eigenvalue weighted by Crippen LogP contribution is -2.14. The van der Waals surface area contributed by atoms with Crippen molar-refractivity contribution < 1.29 is 4.79 Å². The number of nitrogens with one attached hydrogen (secondary N) is 1. The van der Waals surface area contributed by atoms with Crippen LogP contribution in [-0.2, 0) is 11.2 Å². The molecule has 0 aliphatic carbocycles. The van der Waals surface area contributed by atoms with Gasteiger partial charge in [-0.1, -0.05) is 48.5 Å². The molecule has 3 aromatic rings. The van der Waals surface area contributed by atoms with Crippen molar-refractivity contribution in [2.24, 2.45) is 0 Å². The number of anilines is 1. The van der Waals surface area contributed by atoms with E-state index in [9.17, 15) is 4.79 Å². The van der Waals surface area contributed by atoms with E-state index in [1.54, 1.807) is 0 Å². The van der Waals surface area contributed by atoms with E-state index in [-0.39, 0.29) is 5.91 Å². The highest BCUT2D eigenvalue weighted by Crippen LogP contribution is 2.20. The van der Waals surface area contributed by atoms with E-state index in [2.05, 4.69) is 29.6 Å². The van der Waals surface area contributed by atoms with Gasteiger partial charge in [0.05, 0.1) is 6.42 Å². The van der Waals surface area contributed by atoms with Gasteiger partial charge in [-0.25, -0.2) is 0 Å². The van der Waals surface area contributed by atoms with Gasteiger partial charge in [-0.2, -0.15) is 0 Å². The molecule has 3 rings (SSSR count). The first-order chi connectivity index (χ1) is 10.6. The van der Waals surface area contributed by atoms with Crippen molar-refractivity contribution in [3.05, 3.63) is 77.4 Å². The summed E-state index contributed by atoms with van der Waals surface area (Å²) in [5.41, 5.74) is 4.23. The standard InChI is InChI=1S/C20H19NO/c1-14-10-15(2)12-18(11-14)21-20(22)13-17-8-5-7-16-6-3-4-9-19(16)17/h3-12H,13H2,1-2H3,(H,21,22). The molecule has 0 atom stereocenters. The maximum absolute atomic E-state index is 12.3. The van der Waals surface area contributed by atoms with Crippen LogP contribution in [-0.4, -0.2) is 5.91 Å². The zero-order chi connectivity index (χ0) is 15.5. The van der Waals surface area contributed by atoms with Gasteiger partial charge in [-0.15, -0.1) is 0 Å². The molecule has 1 amide bonds. The first-order valence-electron chi connectivity index (χ1n) is 7.46. The van der Waals surface area contributed by atoms with Crippen molar-refractivity contribution in [2.45, 2.75) is 20.3 Å². The normalized spacial score (nSPS) is 10.6. The van der Waals surface area contributed by atoms with Crippen molar-refractivity contribution in [3.8, 4) is 0 Å². The highest BCUT2D eigenvalue weighted by atomic mass is 16.1. The minimum atomic E-state index is 0.0151. The number of hydrogen-bond donors (Lipinski definition) is 1. The summed E-state index contributed by atoms with van der Waals surface area (Å²) in [6, 6.07) is 20.3. The first-order valence-corrected chi connectivity index (χ1v) is 7.46. The minimum Gasteiger partial charge on any atom is -0.326 e. The second-order valence-corrected chi connectivity index (χ2v) is 5.74. The molecule has 0 heterocycles. The van der Waals surface area contributed by atoms with Gasteiger partial charge in [-0.3, -0.25) is 4.79 Å². The maximum atomic E-state index is 12.3. The van der Waals surface area contributed by atoms with E-state index in [1.165, 1.54) is 5.39 Å². The van der Waals surface area contributed by atoms with E-state index in [1.807, 2.05) is 50.2 Å². The van der Waals surface area contributed by atoms with Crippen LogP contribution in [0.15, 0.2) is 60.7 Å². The molecule has 0 aliphatic rings. The smallest absolute Gasteiger partial charge is 0.228 e. The van der Waals surface area contributed by atoms with E-state index >= 15 is 0 Å². The van der Waals surface area contributed by atoms with Crippen LogP contribution in [0.1, 0.15) is 16.7 Å². The Kier molecular flexibility index (Phi) is 3.92. The van der Waals surface area contributed by atoms with Crippen LogP contribution in [0.25, 0.3) is 10.8 Å². The quantitative estimate of drug-likeness (QED) is 0.748. The third-order valence-corrected chi connectivity index (χ3v) is 3.74. The summed E-state index contributed by atoms with van der Waals surface area (Å²) in [5, 5.41) is 5.30. The van der Waals surface area contributed by atoms with Crippen molar-refractivity contribution >= 4 is 22.4 Å². The van der Waals surface area contributed by atoms with Crippen molar-refractivity contribution in [3.63, 3.8) is 0 Å².